The van der Waals surface area contributed by atoms with Gasteiger partial charge in [0, 0.05) is 18.2 Å². The van der Waals surface area contributed by atoms with Gasteiger partial charge in [-0.25, -0.2) is 0 Å². The van der Waals surface area contributed by atoms with Crippen molar-refractivity contribution in [1.29, 1.82) is 0 Å². The predicted octanol–water partition coefficient (Wildman–Crippen LogP) is 2.61. The van der Waals surface area contributed by atoms with E-state index in [0.29, 0.717) is 17.9 Å². The Balaban J connectivity index is 2.16. The summed E-state index contributed by atoms with van der Waals surface area (Å²) in [5, 5.41) is 21.8. The Labute approximate surface area is 110 Å². The quantitative estimate of drug-likeness (QED) is 0.673. The fourth-order valence-electron chi connectivity index (χ4n) is 1.80. The van der Waals surface area contributed by atoms with Crippen LogP contribution in [0.1, 0.15) is 16.7 Å². The molecule has 0 bridgehead atoms. The first-order valence-corrected chi connectivity index (χ1v) is 5.84. The Morgan fingerprint density at radius 1 is 1.37 bits per heavy atom. The van der Waals surface area contributed by atoms with E-state index < -0.39 is 0 Å². The predicted molar refractivity (Wildman–Crippen MR) is 71.9 cm³/mol. The summed E-state index contributed by atoms with van der Waals surface area (Å²) >= 11 is 0. The van der Waals surface area contributed by atoms with Gasteiger partial charge in [0.15, 0.2) is 0 Å². The van der Waals surface area contributed by atoms with Gasteiger partial charge < -0.3 is 5.32 Å². The standard InChI is InChI=1S/C13H14N4O2/c1-9-6-13(16-15-7-9)14-8-11-4-3-5-12(10(11)2)17(18)19/h3-7H,8H2,1-2H3,(H,14,16). The summed E-state index contributed by atoms with van der Waals surface area (Å²) < 4.78 is 0. The molecule has 1 N–H and O–H groups in total. The third kappa shape index (κ3) is 3.04. The molecule has 6 nitrogen and oxygen atoms in total. The topological polar surface area (TPSA) is 81.0 Å². The summed E-state index contributed by atoms with van der Waals surface area (Å²) in [6.07, 6.45) is 1.67. The fraction of sp³-hybridized carbons (Fsp3) is 0.231. The second kappa shape index (κ2) is 5.43. The first kappa shape index (κ1) is 12.9. The van der Waals surface area contributed by atoms with Crippen molar-refractivity contribution in [2.24, 2.45) is 0 Å². The lowest BCUT2D eigenvalue weighted by atomic mass is 10.1. The van der Waals surface area contributed by atoms with Crippen molar-refractivity contribution in [3.8, 4) is 0 Å². The van der Waals surface area contributed by atoms with Crippen LogP contribution >= 0.6 is 0 Å². The first-order valence-electron chi connectivity index (χ1n) is 5.84. The summed E-state index contributed by atoms with van der Waals surface area (Å²) in [4.78, 5) is 10.5. The van der Waals surface area contributed by atoms with E-state index in [1.165, 1.54) is 6.07 Å². The second-order valence-corrected chi connectivity index (χ2v) is 4.29. The SMILES string of the molecule is Cc1cnnc(NCc2cccc([N+](=O)[O-])c2C)c1. The maximum Gasteiger partial charge on any atom is 0.272 e. The zero-order chi connectivity index (χ0) is 13.8. The minimum absolute atomic E-state index is 0.134. The van der Waals surface area contributed by atoms with Gasteiger partial charge in [0.2, 0.25) is 0 Å². The van der Waals surface area contributed by atoms with E-state index >= 15 is 0 Å². The Bertz CT molecular complexity index is 613. The molecule has 0 fully saturated rings. The van der Waals surface area contributed by atoms with Crippen LogP contribution in [0.2, 0.25) is 0 Å². The van der Waals surface area contributed by atoms with E-state index in [1.807, 2.05) is 19.1 Å². The van der Waals surface area contributed by atoms with Gasteiger partial charge in [0.1, 0.15) is 5.82 Å². The number of nitro benzene ring substituents is 1. The Hall–Kier alpha value is -2.50. The van der Waals surface area contributed by atoms with Gasteiger partial charge in [-0.05, 0) is 31.0 Å². The third-order valence-corrected chi connectivity index (χ3v) is 2.87. The summed E-state index contributed by atoms with van der Waals surface area (Å²) in [5.74, 6) is 0.658. The highest BCUT2D eigenvalue weighted by atomic mass is 16.6. The maximum absolute atomic E-state index is 10.9. The van der Waals surface area contributed by atoms with E-state index in [2.05, 4.69) is 15.5 Å². The molecule has 6 heteroatoms. The van der Waals surface area contributed by atoms with Crippen molar-refractivity contribution < 1.29 is 4.92 Å². The summed E-state index contributed by atoms with van der Waals surface area (Å²) in [5.41, 5.74) is 2.68. The minimum Gasteiger partial charge on any atom is -0.364 e. The average molecular weight is 258 g/mol. The number of nitrogens with zero attached hydrogens (tertiary/aromatic N) is 3. The number of anilines is 1. The van der Waals surface area contributed by atoms with Crippen molar-refractivity contribution in [2.45, 2.75) is 20.4 Å². The number of nitro groups is 1. The highest BCUT2D eigenvalue weighted by Crippen LogP contribution is 2.21. The molecule has 0 aliphatic heterocycles. The number of aryl methyl sites for hydroxylation is 1. The average Bonchev–Trinajstić information content (AvgIpc) is 2.37. The van der Waals surface area contributed by atoms with Crippen LogP contribution < -0.4 is 5.32 Å². The van der Waals surface area contributed by atoms with Crippen molar-refractivity contribution >= 4 is 11.5 Å². The molecule has 0 saturated carbocycles. The van der Waals surface area contributed by atoms with Crippen LogP contribution in [0.15, 0.2) is 30.5 Å². The molecular weight excluding hydrogens is 244 g/mol. The smallest absolute Gasteiger partial charge is 0.272 e. The first-order chi connectivity index (χ1) is 9.08. The maximum atomic E-state index is 10.9. The van der Waals surface area contributed by atoms with Crippen LogP contribution in [0.4, 0.5) is 11.5 Å². The number of nitrogens with one attached hydrogen (secondary N) is 1. The van der Waals surface area contributed by atoms with E-state index in [9.17, 15) is 10.1 Å². The molecule has 0 atom stereocenters. The molecular formula is C13H14N4O2. The summed E-state index contributed by atoms with van der Waals surface area (Å²) in [6.45, 7) is 4.15. The van der Waals surface area contributed by atoms with E-state index in [0.717, 1.165) is 11.1 Å². The van der Waals surface area contributed by atoms with Gasteiger partial charge in [-0.3, -0.25) is 10.1 Å². The Morgan fingerprint density at radius 2 is 2.16 bits per heavy atom. The molecule has 2 aromatic rings. The lowest BCUT2D eigenvalue weighted by molar-refractivity contribution is -0.385. The molecule has 1 aromatic carbocycles. The number of aromatic nitrogens is 2. The Kier molecular flexibility index (Phi) is 3.70. The molecule has 0 aliphatic rings. The summed E-state index contributed by atoms with van der Waals surface area (Å²) in [7, 11) is 0. The van der Waals surface area contributed by atoms with Crippen LogP contribution in [0.5, 0.6) is 0 Å². The van der Waals surface area contributed by atoms with Gasteiger partial charge in [0.25, 0.3) is 5.69 Å². The van der Waals surface area contributed by atoms with Crippen LogP contribution in [0.3, 0.4) is 0 Å². The minimum atomic E-state index is -0.370. The third-order valence-electron chi connectivity index (χ3n) is 2.87. The highest BCUT2D eigenvalue weighted by Gasteiger charge is 2.12. The molecule has 1 heterocycles. The number of hydrogen-bond donors (Lipinski definition) is 1. The number of rotatable bonds is 4. The fourth-order valence-corrected chi connectivity index (χ4v) is 1.80. The van der Waals surface area contributed by atoms with Crippen LogP contribution in [0.25, 0.3) is 0 Å². The lowest BCUT2D eigenvalue weighted by Crippen LogP contribution is -2.05. The highest BCUT2D eigenvalue weighted by molar-refractivity contribution is 5.46. The molecule has 0 spiro atoms. The number of hydrogen-bond acceptors (Lipinski definition) is 5. The van der Waals surface area contributed by atoms with Gasteiger partial charge in [-0.2, -0.15) is 5.10 Å². The van der Waals surface area contributed by atoms with Crippen LogP contribution in [-0.2, 0) is 6.54 Å². The Morgan fingerprint density at radius 3 is 2.84 bits per heavy atom. The molecule has 2 rings (SSSR count). The molecule has 19 heavy (non-hydrogen) atoms. The largest absolute Gasteiger partial charge is 0.364 e. The van der Waals surface area contributed by atoms with Crippen molar-refractivity contribution in [3.63, 3.8) is 0 Å². The molecule has 0 aliphatic carbocycles. The van der Waals surface area contributed by atoms with E-state index in [4.69, 9.17) is 0 Å². The zero-order valence-electron chi connectivity index (χ0n) is 10.8. The zero-order valence-corrected chi connectivity index (χ0v) is 10.8. The van der Waals surface area contributed by atoms with Gasteiger partial charge in [-0.15, -0.1) is 5.10 Å². The molecule has 0 radical (unpaired) electrons. The van der Waals surface area contributed by atoms with Gasteiger partial charge in [-0.1, -0.05) is 12.1 Å². The monoisotopic (exact) mass is 258 g/mol. The van der Waals surface area contributed by atoms with Gasteiger partial charge >= 0.3 is 0 Å². The van der Waals surface area contributed by atoms with Crippen LogP contribution in [-0.4, -0.2) is 15.1 Å². The van der Waals surface area contributed by atoms with Gasteiger partial charge in [0.05, 0.1) is 11.1 Å². The molecule has 98 valence electrons. The van der Waals surface area contributed by atoms with Crippen molar-refractivity contribution in [2.75, 3.05) is 5.32 Å². The summed E-state index contributed by atoms with van der Waals surface area (Å²) in [6, 6.07) is 6.92. The van der Waals surface area contributed by atoms with E-state index in [1.54, 1.807) is 19.2 Å². The van der Waals surface area contributed by atoms with Crippen molar-refractivity contribution in [1.82, 2.24) is 10.2 Å². The van der Waals surface area contributed by atoms with Crippen LogP contribution in [0, 0.1) is 24.0 Å². The molecule has 1 aromatic heterocycles. The molecule has 0 unspecified atom stereocenters. The van der Waals surface area contributed by atoms with Crippen molar-refractivity contribution in [3.05, 3.63) is 57.3 Å². The van der Waals surface area contributed by atoms with E-state index in [-0.39, 0.29) is 10.6 Å². The normalized spacial score (nSPS) is 10.2. The molecule has 0 saturated heterocycles. The lowest BCUT2D eigenvalue weighted by Gasteiger charge is -2.08. The number of benzene rings is 1. The molecule has 0 amide bonds. The second-order valence-electron chi connectivity index (χ2n) is 4.29.